The first-order valence-corrected chi connectivity index (χ1v) is 12.0. The van der Waals surface area contributed by atoms with Gasteiger partial charge < -0.3 is 0 Å². The van der Waals surface area contributed by atoms with Gasteiger partial charge in [-0.2, -0.15) is 0 Å². The molecule has 1 radical (unpaired) electrons. The summed E-state index contributed by atoms with van der Waals surface area (Å²) in [6, 6.07) is 0. The minimum absolute atomic E-state index is 0.209. The van der Waals surface area contributed by atoms with Crippen molar-refractivity contribution in [1.82, 2.24) is 9.36 Å². The van der Waals surface area contributed by atoms with Crippen LogP contribution in [0.1, 0.15) is 83.1 Å². The van der Waals surface area contributed by atoms with Crippen LogP contribution in [0, 0.1) is 0 Å². The Morgan fingerprint density at radius 1 is 0.619 bits per heavy atom. The molecule has 0 bridgehead atoms. The van der Waals surface area contributed by atoms with E-state index in [1.165, 1.54) is 0 Å². The standard InChI is InChI=1S/C9H20N2.C8H18N.Sn/c1-8(2,3)10-7-11-9(4,5)6;1-7(2,3)9-8(4,5)6;/h7H2,1-6H3;1-6H3;/q-2;-1;+3. The Morgan fingerprint density at radius 2 is 0.905 bits per heavy atom. The van der Waals surface area contributed by atoms with E-state index in [1.807, 2.05) is 0 Å². The van der Waals surface area contributed by atoms with Crippen molar-refractivity contribution in [3.05, 3.63) is 0 Å². The normalized spacial score (nSPS) is 21.0. The molecule has 0 N–H and O–H groups in total. The van der Waals surface area contributed by atoms with Gasteiger partial charge in [-0.1, -0.05) is 0 Å². The van der Waals surface area contributed by atoms with Gasteiger partial charge in [0.2, 0.25) is 0 Å². The average Bonchev–Trinajstić information content (AvgIpc) is 2.01. The van der Waals surface area contributed by atoms with E-state index in [2.05, 4.69) is 92.4 Å². The van der Waals surface area contributed by atoms with Crippen LogP contribution in [-0.4, -0.2) is 58.8 Å². The van der Waals surface area contributed by atoms with Crippen LogP contribution in [0.3, 0.4) is 0 Å². The molecule has 0 aromatic carbocycles. The van der Waals surface area contributed by atoms with E-state index in [1.54, 1.807) is 0 Å². The predicted octanol–water partition coefficient (Wildman–Crippen LogP) is 4.04. The maximum absolute atomic E-state index is 2.86. The number of hydrogen-bond acceptors (Lipinski definition) is 3. The Kier molecular flexibility index (Phi) is 5.30. The average molecular weight is 403 g/mol. The van der Waals surface area contributed by atoms with Gasteiger partial charge in [0.15, 0.2) is 0 Å². The second-order valence-electron chi connectivity index (χ2n) is 10.3. The fourth-order valence-corrected chi connectivity index (χ4v) is 13.2. The van der Waals surface area contributed by atoms with Gasteiger partial charge in [-0.25, -0.2) is 0 Å². The van der Waals surface area contributed by atoms with Crippen molar-refractivity contribution >= 4 is 20.6 Å². The molecule has 125 valence electrons. The van der Waals surface area contributed by atoms with E-state index in [-0.39, 0.29) is 22.2 Å². The Morgan fingerprint density at radius 3 is 1.10 bits per heavy atom. The molecular formula is C17H38N3Sn. The molecule has 0 spiro atoms. The van der Waals surface area contributed by atoms with Crippen LogP contribution in [0.15, 0.2) is 0 Å². The first-order chi connectivity index (χ1) is 8.97. The summed E-state index contributed by atoms with van der Waals surface area (Å²) in [5.74, 6) is 0. The first kappa shape index (κ1) is 19.7. The van der Waals surface area contributed by atoms with E-state index in [9.17, 15) is 0 Å². The summed E-state index contributed by atoms with van der Waals surface area (Å²) in [5, 5.41) is 0. The van der Waals surface area contributed by atoms with Crippen molar-refractivity contribution in [1.29, 1.82) is 0 Å². The third-order valence-corrected chi connectivity index (χ3v) is 16.3. The van der Waals surface area contributed by atoms with Gasteiger partial charge in [-0.05, 0) is 0 Å². The van der Waals surface area contributed by atoms with Crippen LogP contribution >= 0.6 is 0 Å². The van der Waals surface area contributed by atoms with Crippen molar-refractivity contribution in [2.24, 2.45) is 0 Å². The van der Waals surface area contributed by atoms with Gasteiger partial charge in [0.1, 0.15) is 0 Å². The first-order valence-electron chi connectivity index (χ1n) is 8.20. The van der Waals surface area contributed by atoms with Crippen LogP contribution in [-0.2, 0) is 0 Å². The van der Waals surface area contributed by atoms with E-state index >= 15 is 0 Å². The molecule has 0 aromatic rings. The van der Waals surface area contributed by atoms with Gasteiger partial charge in [-0.15, -0.1) is 0 Å². The quantitative estimate of drug-likeness (QED) is 0.612. The topological polar surface area (TPSA) is 9.72 Å². The molecule has 1 saturated heterocycles. The third-order valence-electron chi connectivity index (χ3n) is 3.93. The van der Waals surface area contributed by atoms with E-state index in [0.29, 0.717) is 0 Å². The van der Waals surface area contributed by atoms with Gasteiger partial charge in [-0.3, -0.25) is 0 Å². The Balaban J connectivity index is 3.27. The second-order valence-corrected chi connectivity index (χ2v) is 16.4. The molecule has 0 saturated carbocycles. The molecule has 0 aliphatic carbocycles. The van der Waals surface area contributed by atoms with Crippen molar-refractivity contribution in [2.75, 3.05) is 6.67 Å². The number of hydrogen-bond donors (Lipinski definition) is 0. The summed E-state index contributed by atoms with van der Waals surface area (Å²) in [6.45, 7) is 29.6. The molecule has 0 aromatic heterocycles. The fourth-order valence-electron chi connectivity index (χ4n) is 3.21. The van der Waals surface area contributed by atoms with Crippen LogP contribution in [0.5, 0.6) is 0 Å². The molecule has 4 heteroatoms. The van der Waals surface area contributed by atoms with Gasteiger partial charge in [0, 0.05) is 0 Å². The van der Waals surface area contributed by atoms with Crippen molar-refractivity contribution < 1.29 is 0 Å². The summed E-state index contributed by atoms with van der Waals surface area (Å²) in [4.78, 5) is 0. The van der Waals surface area contributed by atoms with Crippen molar-refractivity contribution in [3.63, 3.8) is 0 Å². The Hall–Kier alpha value is 0.679. The summed E-state index contributed by atoms with van der Waals surface area (Å²) in [7, 11) is 0. The minimum atomic E-state index is -2.05. The zero-order valence-electron chi connectivity index (χ0n) is 16.5. The third kappa shape index (κ3) is 4.36. The van der Waals surface area contributed by atoms with Crippen LogP contribution in [0.2, 0.25) is 0 Å². The summed E-state index contributed by atoms with van der Waals surface area (Å²) in [6.07, 6.45) is 0. The summed E-state index contributed by atoms with van der Waals surface area (Å²) >= 11 is -2.05. The molecule has 1 aliphatic heterocycles. The maximum atomic E-state index is 2.86. The zero-order chi connectivity index (χ0) is 17.0. The van der Waals surface area contributed by atoms with E-state index < -0.39 is 20.6 Å². The molecule has 3 nitrogen and oxygen atoms in total. The van der Waals surface area contributed by atoms with Crippen molar-refractivity contribution in [2.45, 2.75) is 105 Å². The Labute approximate surface area is 141 Å². The van der Waals surface area contributed by atoms with Crippen LogP contribution < -0.4 is 0 Å². The molecule has 21 heavy (non-hydrogen) atoms. The fraction of sp³-hybridized carbons (Fsp3) is 1.00. The van der Waals surface area contributed by atoms with Gasteiger partial charge in [0.25, 0.3) is 0 Å². The molecule has 1 rings (SSSR count). The predicted molar refractivity (Wildman–Crippen MR) is 95.2 cm³/mol. The summed E-state index contributed by atoms with van der Waals surface area (Å²) < 4.78 is 8.50. The zero-order valence-corrected chi connectivity index (χ0v) is 19.4. The van der Waals surface area contributed by atoms with Crippen LogP contribution in [0.4, 0.5) is 0 Å². The van der Waals surface area contributed by atoms with Crippen molar-refractivity contribution in [3.8, 4) is 0 Å². The monoisotopic (exact) mass is 404 g/mol. The van der Waals surface area contributed by atoms with E-state index in [4.69, 9.17) is 0 Å². The second kappa shape index (κ2) is 5.64. The Bertz CT molecular complexity index is 331. The molecular weight excluding hydrogens is 365 g/mol. The number of rotatable bonds is 1. The molecule has 1 fully saturated rings. The molecule has 0 amide bonds. The van der Waals surface area contributed by atoms with Crippen LogP contribution in [0.25, 0.3) is 0 Å². The molecule has 1 heterocycles. The number of nitrogens with zero attached hydrogens (tertiary/aromatic N) is 3. The SMILES string of the molecule is CC(C)(C)[N]1C[N](C(C)(C)C)[Sn]1[N](C(C)(C)C)C(C)(C)C. The molecule has 1 aliphatic rings. The van der Waals surface area contributed by atoms with E-state index in [0.717, 1.165) is 6.67 Å². The molecule has 0 atom stereocenters. The summed E-state index contributed by atoms with van der Waals surface area (Å²) in [5.41, 5.74) is 0.956. The molecule has 0 unspecified atom stereocenters. The van der Waals surface area contributed by atoms with Gasteiger partial charge >= 0.3 is 142 Å². The van der Waals surface area contributed by atoms with Gasteiger partial charge in [0.05, 0.1) is 0 Å².